The third-order valence-electron chi connectivity index (χ3n) is 6.70. The van der Waals surface area contributed by atoms with Crippen LogP contribution in [0.5, 0.6) is 0 Å². The van der Waals surface area contributed by atoms with Crippen molar-refractivity contribution in [3.63, 3.8) is 0 Å². The lowest BCUT2D eigenvalue weighted by atomic mass is 9.83. The molecule has 0 aromatic heterocycles. The summed E-state index contributed by atoms with van der Waals surface area (Å²) in [6.07, 6.45) is 4.25. The first kappa shape index (κ1) is 19.4. The van der Waals surface area contributed by atoms with Gasteiger partial charge in [0.1, 0.15) is 0 Å². The van der Waals surface area contributed by atoms with E-state index in [-0.39, 0.29) is 17.4 Å². The highest BCUT2D eigenvalue weighted by molar-refractivity contribution is 6.08. The molecule has 2 aliphatic heterocycles. The molecule has 0 unspecified atom stereocenters. The zero-order chi connectivity index (χ0) is 21.8. The number of anilines is 2. The van der Waals surface area contributed by atoms with Gasteiger partial charge in [0.15, 0.2) is 0 Å². The average molecular weight is 407 g/mol. The topological polar surface area (TPSA) is 23.6 Å². The van der Waals surface area contributed by atoms with Gasteiger partial charge < -0.3 is 4.90 Å². The van der Waals surface area contributed by atoms with E-state index >= 15 is 0 Å². The fourth-order valence-electron chi connectivity index (χ4n) is 4.75. The zero-order valence-corrected chi connectivity index (χ0v) is 18.2. The molecule has 3 aromatic rings. The van der Waals surface area contributed by atoms with E-state index in [4.69, 9.17) is 0 Å². The quantitative estimate of drug-likeness (QED) is 0.496. The van der Waals surface area contributed by atoms with Crippen molar-refractivity contribution < 1.29 is 4.79 Å². The summed E-state index contributed by atoms with van der Waals surface area (Å²) in [4.78, 5) is 17.8. The summed E-state index contributed by atoms with van der Waals surface area (Å²) in [5.74, 6) is 0.00341. The van der Waals surface area contributed by atoms with E-state index in [0.29, 0.717) is 5.56 Å². The number of hydrogen-bond acceptors (Lipinski definition) is 2. The molecule has 31 heavy (non-hydrogen) atoms. The molecule has 2 aliphatic rings. The monoisotopic (exact) mass is 406 g/mol. The normalized spacial score (nSPS) is 18.7. The number of benzene rings is 3. The van der Waals surface area contributed by atoms with Crippen molar-refractivity contribution in [2.75, 3.05) is 16.8 Å². The van der Waals surface area contributed by atoms with Crippen LogP contribution in [0.4, 0.5) is 11.4 Å². The molecule has 0 radical (unpaired) electrons. The number of rotatable bonds is 2. The zero-order valence-electron chi connectivity index (χ0n) is 18.2. The third-order valence-corrected chi connectivity index (χ3v) is 6.70. The molecule has 3 aromatic carbocycles. The number of likely N-dealkylation sites (N-methyl/N-ethyl adjacent to an activating group) is 1. The number of carbonyl (C=O) groups excluding carboxylic acids is 1. The fourth-order valence-corrected chi connectivity index (χ4v) is 4.75. The first-order valence-electron chi connectivity index (χ1n) is 10.6. The van der Waals surface area contributed by atoms with E-state index in [0.717, 1.165) is 22.5 Å². The third kappa shape index (κ3) is 2.92. The van der Waals surface area contributed by atoms with E-state index in [9.17, 15) is 4.79 Å². The number of hydrogen-bond donors (Lipinski definition) is 0. The Hall–Kier alpha value is -3.59. The van der Waals surface area contributed by atoms with Crippen LogP contribution in [0.3, 0.4) is 0 Å². The van der Waals surface area contributed by atoms with Gasteiger partial charge >= 0.3 is 0 Å². The van der Waals surface area contributed by atoms with Gasteiger partial charge in [0, 0.05) is 29.4 Å². The minimum absolute atomic E-state index is 0.00341. The van der Waals surface area contributed by atoms with Gasteiger partial charge in [-0.15, -0.1) is 0 Å². The van der Waals surface area contributed by atoms with E-state index < -0.39 is 0 Å². The summed E-state index contributed by atoms with van der Waals surface area (Å²) in [5.41, 5.74) is 7.14. The SMILES string of the molecule is C=C1N(C)c2ccc([C@H]3C=Cc4ccccc4N3C(=O)c3ccccc3)cc2C1(C)C. The second-order valence-electron chi connectivity index (χ2n) is 8.81. The predicted molar refractivity (Wildman–Crippen MR) is 128 cm³/mol. The Morgan fingerprint density at radius 2 is 1.65 bits per heavy atom. The molecular weight excluding hydrogens is 380 g/mol. The minimum Gasteiger partial charge on any atom is -0.348 e. The Labute approximate surface area is 183 Å². The smallest absolute Gasteiger partial charge is 0.259 e. The fraction of sp³-hybridized carbons (Fsp3) is 0.179. The van der Waals surface area contributed by atoms with Crippen LogP contribution < -0.4 is 9.80 Å². The number of nitrogens with zero attached hydrogens (tertiary/aromatic N) is 2. The average Bonchev–Trinajstić information content (AvgIpc) is 2.98. The molecule has 0 saturated heterocycles. The van der Waals surface area contributed by atoms with Crippen LogP contribution in [0.15, 0.2) is 91.1 Å². The molecule has 0 aliphatic carbocycles. The Kier molecular flexibility index (Phi) is 4.37. The van der Waals surface area contributed by atoms with Gasteiger partial charge in [-0.1, -0.05) is 81.1 Å². The molecular formula is C28H26N2O. The number of allylic oxidation sites excluding steroid dienone is 1. The van der Waals surface area contributed by atoms with Gasteiger partial charge in [0.05, 0.1) is 11.7 Å². The summed E-state index contributed by atoms with van der Waals surface area (Å²) in [6, 6.07) is 24.0. The lowest BCUT2D eigenvalue weighted by Gasteiger charge is -2.35. The number of para-hydroxylation sites is 1. The lowest BCUT2D eigenvalue weighted by Crippen LogP contribution is -2.36. The molecule has 0 bridgehead atoms. The second kappa shape index (κ2) is 6.98. The van der Waals surface area contributed by atoms with Gasteiger partial charge in [-0.2, -0.15) is 0 Å². The molecule has 0 saturated carbocycles. The summed E-state index contributed by atoms with van der Waals surface area (Å²) in [6.45, 7) is 8.72. The lowest BCUT2D eigenvalue weighted by molar-refractivity contribution is 0.0980. The van der Waals surface area contributed by atoms with Gasteiger partial charge in [-0.05, 0) is 41.0 Å². The summed E-state index contributed by atoms with van der Waals surface area (Å²) in [5, 5.41) is 0. The maximum atomic E-state index is 13.7. The standard InChI is InChI=1S/C28H26N2O/c1-19-28(2,3)23-18-22(15-17-26(23)29(19)4)25-16-14-20-10-8-9-13-24(20)30(25)27(31)21-11-6-5-7-12-21/h5-18,25H,1H2,2-4H3/t25-/m1/s1. The van der Waals surface area contributed by atoms with Crippen molar-refractivity contribution in [3.05, 3.63) is 113 Å². The molecule has 2 heterocycles. The predicted octanol–water partition coefficient (Wildman–Crippen LogP) is 6.34. The highest BCUT2D eigenvalue weighted by atomic mass is 16.2. The van der Waals surface area contributed by atoms with Crippen LogP contribution in [-0.2, 0) is 5.41 Å². The Bertz CT molecular complexity index is 1220. The Morgan fingerprint density at radius 1 is 0.935 bits per heavy atom. The van der Waals surface area contributed by atoms with Gasteiger partial charge in [0.25, 0.3) is 5.91 Å². The first-order chi connectivity index (χ1) is 14.9. The van der Waals surface area contributed by atoms with Crippen LogP contribution in [0, 0.1) is 0 Å². The molecule has 5 rings (SSSR count). The van der Waals surface area contributed by atoms with E-state index in [1.807, 2.05) is 53.4 Å². The highest BCUT2D eigenvalue weighted by Gasteiger charge is 2.38. The Balaban J connectivity index is 1.64. The van der Waals surface area contributed by atoms with E-state index in [2.05, 4.69) is 68.8 Å². The maximum Gasteiger partial charge on any atom is 0.259 e. The van der Waals surface area contributed by atoms with Gasteiger partial charge in [-0.25, -0.2) is 0 Å². The van der Waals surface area contributed by atoms with Crippen molar-refractivity contribution in [3.8, 4) is 0 Å². The van der Waals surface area contributed by atoms with E-state index in [1.165, 1.54) is 11.3 Å². The molecule has 1 amide bonds. The molecule has 3 nitrogen and oxygen atoms in total. The van der Waals surface area contributed by atoms with Crippen LogP contribution >= 0.6 is 0 Å². The van der Waals surface area contributed by atoms with Crippen LogP contribution in [-0.4, -0.2) is 13.0 Å². The number of fused-ring (bicyclic) bond motifs is 2. The molecule has 154 valence electrons. The highest BCUT2D eigenvalue weighted by Crippen LogP contribution is 2.48. The summed E-state index contributed by atoms with van der Waals surface area (Å²) in [7, 11) is 2.07. The Morgan fingerprint density at radius 3 is 2.42 bits per heavy atom. The van der Waals surface area contributed by atoms with Crippen molar-refractivity contribution in [2.24, 2.45) is 0 Å². The van der Waals surface area contributed by atoms with Gasteiger partial charge in [0.2, 0.25) is 0 Å². The molecule has 0 N–H and O–H groups in total. The summed E-state index contributed by atoms with van der Waals surface area (Å²) >= 11 is 0. The number of amides is 1. The van der Waals surface area contributed by atoms with Crippen molar-refractivity contribution in [2.45, 2.75) is 25.3 Å². The molecule has 0 fully saturated rings. The minimum atomic E-state index is -0.178. The molecule has 3 heteroatoms. The van der Waals surface area contributed by atoms with Crippen molar-refractivity contribution in [1.82, 2.24) is 0 Å². The largest absolute Gasteiger partial charge is 0.348 e. The maximum absolute atomic E-state index is 13.7. The van der Waals surface area contributed by atoms with E-state index in [1.54, 1.807) is 0 Å². The molecule has 1 atom stereocenters. The first-order valence-corrected chi connectivity index (χ1v) is 10.6. The molecule has 0 spiro atoms. The van der Waals surface area contributed by atoms with Crippen LogP contribution in [0.25, 0.3) is 6.08 Å². The summed E-state index contributed by atoms with van der Waals surface area (Å²) < 4.78 is 0. The van der Waals surface area contributed by atoms with Crippen molar-refractivity contribution >= 4 is 23.4 Å². The number of carbonyl (C=O) groups is 1. The van der Waals surface area contributed by atoms with Gasteiger partial charge in [-0.3, -0.25) is 9.69 Å². The second-order valence-corrected chi connectivity index (χ2v) is 8.81. The van der Waals surface area contributed by atoms with Crippen LogP contribution in [0.2, 0.25) is 0 Å². The van der Waals surface area contributed by atoms with Crippen LogP contribution in [0.1, 0.15) is 46.9 Å². The van der Waals surface area contributed by atoms with Crippen molar-refractivity contribution in [1.29, 1.82) is 0 Å².